The number of hydrogen-bond acceptors (Lipinski definition) is 3. The van der Waals surface area contributed by atoms with E-state index in [0.29, 0.717) is 5.02 Å². The zero-order valence-electron chi connectivity index (χ0n) is 9.50. The van der Waals surface area contributed by atoms with Crippen molar-refractivity contribution < 1.29 is 9.84 Å². The Kier molecular flexibility index (Phi) is 6.23. The lowest BCUT2D eigenvalue weighted by Crippen LogP contribution is -2.15. The fourth-order valence-electron chi connectivity index (χ4n) is 1.38. The Morgan fingerprint density at radius 2 is 2.19 bits per heavy atom. The molecule has 0 spiro atoms. The number of ether oxygens (including phenoxy) is 1. The van der Waals surface area contributed by atoms with Crippen LogP contribution in [0.3, 0.4) is 0 Å². The van der Waals surface area contributed by atoms with Crippen LogP contribution in [0.2, 0.25) is 5.02 Å². The first kappa shape index (κ1) is 13.3. The molecule has 1 aromatic carbocycles. The third-order valence-corrected chi connectivity index (χ3v) is 2.69. The van der Waals surface area contributed by atoms with Crippen molar-refractivity contribution in [3.05, 3.63) is 28.8 Å². The van der Waals surface area contributed by atoms with Crippen LogP contribution < -0.4 is 10.1 Å². The highest BCUT2D eigenvalue weighted by Gasteiger charge is 2.01. The van der Waals surface area contributed by atoms with Gasteiger partial charge in [-0.25, -0.2) is 0 Å². The molecule has 0 aliphatic heterocycles. The van der Waals surface area contributed by atoms with Crippen LogP contribution in [0.25, 0.3) is 0 Å². The predicted octanol–water partition coefficient (Wildman–Crippen LogP) is 2.21. The average molecular weight is 244 g/mol. The lowest BCUT2D eigenvalue weighted by atomic mass is 10.2. The van der Waals surface area contributed by atoms with Crippen LogP contribution in [0.15, 0.2) is 18.2 Å². The summed E-state index contributed by atoms with van der Waals surface area (Å²) in [6.45, 7) is 1.89. The Bertz CT molecular complexity index is 318. The molecule has 0 unspecified atom stereocenters. The van der Waals surface area contributed by atoms with Crippen LogP contribution >= 0.6 is 11.6 Å². The molecule has 2 N–H and O–H groups in total. The number of aliphatic hydroxyl groups is 1. The highest BCUT2D eigenvalue weighted by atomic mass is 35.5. The minimum atomic E-state index is 0.255. The van der Waals surface area contributed by atoms with Crippen molar-refractivity contribution in [1.29, 1.82) is 0 Å². The van der Waals surface area contributed by atoms with Gasteiger partial charge < -0.3 is 15.2 Å². The molecule has 0 fully saturated rings. The van der Waals surface area contributed by atoms with Crippen molar-refractivity contribution in [3.8, 4) is 5.75 Å². The smallest absolute Gasteiger partial charge is 0.120 e. The zero-order chi connectivity index (χ0) is 11.8. The molecule has 4 heteroatoms. The van der Waals surface area contributed by atoms with Crippen LogP contribution in [0, 0.1) is 0 Å². The number of hydrogen-bond donors (Lipinski definition) is 2. The summed E-state index contributed by atoms with van der Waals surface area (Å²) < 4.78 is 5.07. The maximum Gasteiger partial charge on any atom is 0.120 e. The second kappa shape index (κ2) is 7.49. The standard InChI is InChI=1S/C12H18ClNO2/c1-16-11-5-4-10(12(13)8-11)9-14-6-2-3-7-15/h4-5,8,14-15H,2-3,6-7,9H2,1H3. The third kappa shape index (κ3) is 4.39. The molecule has 90 valence electrons. The van der Waals surface area contributed by atoms with Gasteiger partial charge in [0.15, 0.2) is 0 Å². The van der Waals surface area contributed by atoms with Crippen LogP contribution in [-0.4, -0.2) is 25.4 Å². The number of aliphatic hydroxyl groups excluding tert-OH is 1. The Labute approximate surface area is 101 Å². The monoisotopic (exact) mass is 243 g/mol. The lowest BCUT2D eigenvalue weighted by molar-refractivity contribution is 0.283. The first-order valence-corrected chi connectivity index (χ1v) is 5.79. The molecule has 1 aromatic rings. The maximum absolute atomic E-state index is 8.62. The highest BCUT2D eigenvalue weighted by molar-refractivity contribution is 6.31. The zero-order valence-corrected chi connectivity index (χ0v) is 10.3. The summed E-state index contributed by atoms with van der Waals surface area (Å²) in [6, 6.07) is 5.67. The topological polar surface area (TPSA) is 41.5 Å². The molecule has 0 saturated carbocycles. The van der Waals surface area contributed by atoms with Crippen LogP contribution in [0.1, 0.15) is 18.4 Å². The van der Waals surface area contributed by atoms with E-state index in [1.54, 1.807) is 7.11 Å². The van der Waals surface area contributed by atoms with E-state index in [1.165, 1.54) is 0 Å². The minimum absolute atomic E-state index is 0.255. The lowest BCUT2D eigenvalue weighted by Gasteiger charge is -2.08. The van der Waals surface area contributed by atoms with E-state index in [0.717, 1.165) is 37.2 Å². The molecule has 0 aliphatic carbocycles. The summed E-state index contributed by atoms with van der Waals surface area (Å²) in [4.78, 5) is 0. The van der Waals surface area contributed by atoms with E-state index < -0.39 is 0 Å². The van der Waals surface area contributed by atoms with Crippen molar-refractivity contribution in [2.45, 2.75) is 19.4 Å². The van der Waals surface area contributed by atoms with Gasteiger partial charge >= 0.3 is 0 Å². The van der Waals surface area contributed by atoms with Crippen molar-refractivity contribution in [1.82, 2.24) is 5.32 Å². The predicted molar refractivity (Wildman–Crippen MR) is 66.0 cm³/mol. The van der Waals surface area contributed by atoms with Gasteiger partial charge in [-0.2, -0.15) is 0 Å². The van der Waals surface area contributed by atoms with Crippen molar-refractivity contribution in [2.24, 2.45) is 0 Å². The third-order valence-electron chi connectivity index (χ3n) is 2.34. The summed E-state index contributed by atoms with van der Waals surface area (Å²) in [5, 5.41) is 12.6. The summed E-state index contributed by atoms with van der Waals surface area (Å²) in [5.41, 5.74) is 1.06. The van der Waals surface area contributed by atoms with E-state index in [4.69, 9.17) is 21.4 Å². The highest BCUT2D eigenvalue weighted by Crippen LogP contribution is 2.22. The summed E-state index contributed by atoms with van der Waals surface area (Å²) >= 11 is 6.09. The fraction of sp³-hybridized carbons (Fsp3) is 0.500. The van der Waals surface area contributed by atoms with Crippen molar-refractivity contribution in [3.63, 3.8) is 0 Å². The normalized spacial score (nSPS) is 10.4. The van der Waals surface area contributed by atoms with E-state index in [-0.39, 0.29) is 6.61 Å². The molecule has 0 atom stereocenters. The first-order chi connectivity index (χ1) is 7.77. The minimum Gasteiger partial charge on any atom is -0.497 e. The van der Waals surface area contributed by atoms with Crippen molar-refractivity contribution >= 4 is 11.6 Å². The Hall–Kier alpha value is -0.770. The molecular formula is C12H18ClNO2. The number of benzene rings is 1. The van der Waals surface area contributed by atoms with Gasteiger partial charge in [-0.05, 0) is 37.1 Å². The van der Waals surface area contributed by atoms with Crippen LogP contribution in [-0.2, 0) is 6.54 Å². The number of halogens is 1. The molecular weight excluding hydrogens is 226 g/mol. The number of unbranched alkanes of at least 4 members (excludes halogenated alkanes) is 1. The molecule has 0 heterocycles. The van der Waals surface area contributed by atoms with Gasteiger partial charge in [-0.1, -0.05) is 17.7 Å². The van der Waals surface area contributed by atoms with E-state index in [9.17, 15) is 0 Å². The average Bonchev–Trinajstić information content (AvgIpc) is 2.30. The van der Waals surface area contributed by atoms with Gasteiger partial charge in [0, 0.05) is 18.2 Å². The second-order valence-electron chi connectivity index (χ2n) is 3.56. The number of methoxy groups -OCH3 is 1. The number of nitrogens with one attached hydrogen (secondary N) is 1. The fourth-order valence-corrected chi connectivity index (χ4v) is 1.62. The Morgan fingerprint density at radius 3 is 2.81 bits per heavy atom. The molecule has 0 saturated heterocycles. The van der Waals surface area contributed by atoms with E-state index in [1.807, 2.05) is 18.2 Å². The molecule has 0 aliphatic rings. The van der Waals surface area contributed by atoms with E-state index in [2.05, 4.69) is 5.32 Å². The van der Waals surface area contributed by atoms with Gasteiger partial charge in [0.2, 0.25) is 0 Å². The molecule has 3 nitrogen and oxygen atoms in total. The van der Waals surface area contributed by atoms with Gasteiger partial charge in [-0.15, -0.1) is 0 Å². The Morgan fingerprint density at radius 1 is 1.38 bits per heavy atom. The molecule has 1 rings (SSSR count). The van der Waals surface area contributed by atoms with Crippen LogP contribution in [0.4, 0.5) is 0 Å². The molecule has 0 radical (unpaired) electrons. The SMILES string of the molecule is COc1ccc(CNCCCCO)c(Cl)c1. The van der Waals surface area contributed by atoms with Gasteiger partial charge in [0.05, 0.1) is 7.11 Å². The number of rotatable bonds is 7. The molecule has 0 aromatic heterocycles. The largest absolute Gasteiger partial charge is 0.497 e. The maximum atomic E-state index is 8.62. The van der Waals surface area contributed by atoms with Crippen molar-refractivity contribution in [2.75, 3.05) is 20.3 Å². The van der Waals surface area contributed by atoms with E-state index >= 15 is 0 Å². The quantitative estimate of drug-likeness (QED) is 0.722. The van der Waals surface area contributed by atoms with Gasteiger partial charge in [-0.3, -0.25) is 0 Å². The summed E-state index contributed by atoms with van der Waals surface area (Å²) in [7, 11) is 1.62. The Balaban J connectivity index is 2.36. The second-order valence-corrected chi connectivity index (χ2v) is 3.97. The summed E-state index contributed by atoms with van der Waals surface area (Å²) in [5.74, 6) is 0.772. The first-order valence-electron chi connectivity index (χ1n) is 5.42. The van der Waals surface area contributed by atoms with Crippen LogP contribution in [0.5, 0.6) is 5.75 Å². The van der Waals surface area contributed by atoms with Gasteiger partial charge in [0.25, 0.3) is 0 Å². The molecule has 0 bridgehead atoms. The van der Waals surface area contributed by atoms with Gasteiger partial charge in [0.1, 0.15) is 5.75 Å². The molecule has 16 heavy (non-hydrogen) atoms. The molecule has 0 amide bonds. The summed E-state index contributed by atoms with van der Waals surface area (Å²) in [6.07, 6.45) is 1.81.